The Bertz CT molecular complexity index is 311. The molecule has 88 valence electrons. The smallest absolute Gasteiger partial charge is 0.305 e. The molecule has 0 heterocycles. The number of rotatable bonds is 6. The SMILES string of the molecule is CCOC(=O)CCC(I)Cc1ccccc1. The Morgan fingerprint density at radius 1 is 1.38 bits per heavy atom. The number of hydrogen-bond acceptors (Lipinski definition) is 2. The number of halogens is 1. The van der Waals surface area contributed by atoms with E-state index in [2.05, 4.69) is 34.7 Å². The van der Waals surface area contributed by atoms with Crippen molar-refractivity contribution in [3.8, 4) is 0 Å². The lowest BCUT2D eigenvalue weighted by Gasteiger charge is -2.09. The molecule has 0 aromatic heterocycles. The van der Waals surface area contributed by atoms with E-state index in [-0.39, 0.29) is 5.97 Å². The first-order valence-electron chi connectivity index (χ1n) is 5.56. The van der Waals surface area contributed by atoms with E-state index >= 15 is 0 Å². The Kier molecular flexibility index (Phi) is 6.45. The number of carbonyl (C=O) groups is 1. The van der Waals surface area contributed by atoms with Crippen molar-refractivity contribution in [2.75, 3.05) is 6.61 Å². The summed E-state index contributed by atoms with van der Waals surface area (Å²) in [5.41, 5.74) is 1.32. The minimum atomic E-state index is -0.0859. The van der Waals surface area contributed by atoms with Gasteiger partial charge in [0.15, 0.2) is 0 Å². The first-order valence-corrected chi connectivity index (χ1v) is 6.80. The zero-order chi connectivity index (χ0) is 11.8. The molecule has 0 fully saturated rings. The Morgan fingerprint density at radius 2 is 2.06 bits per heavy atom. The molecule has 1 aromatic rings. The summed E-state index contributed by atoms with van der Waals surface area (Å²) in [7, 11) is 0. The standard InChI is InChI=1S/C13H17IO2/c1-2-16-13(15)9-8-12(14)10-11-6-4-3-5-7-11/h3-7,12H,2,8-10H2,1H3. The van der Waals surface area contributed by atoms with Crippen LogP contribution in [0.25, 0.3) is 0 Å². The second-order valence-corrected chi connectivity index (χ2v) is 5.39. The molecule has 0 N–H and O–H groups in total. The van der Waals surface area contributed by atoms with Crippen molar-refractivity contribution >= 4 is 28.6 Å². The quantitative estimate of drug-likeness (QED) is 0.454. The fraction of sp³-hybridized carbons (Fsp3) is 0.462. The van der Waals surface area contributed by atoms with Crippen molar-refractivity contribution < 1.29 is 9.53 Å². The molecule has 0 amide bonds. The molecule has 0 radical (unpaired) electrons. The molecule has 0 aliphatic rings. The number of carbonyl (C=O) groups excluding carboxylic acids is 1. The maximum absolute atomic E-state index is 11.2. The van der Waals surface area contributed by atoms with Gasteiger partial charge in [-0.25, -0.2) is 0 Å². The van der Waals surface area contributed by atoms with Gasteiger partial charge in [-0.15, -0.1) is 0 Å². The van der Waals surface area contributed by atoms with Gasteiger partial charge in [0.25, 0.3) is 0 Å². The van der Waals surface area contributed by atoms with E-state index < -0.39 is 0 Å². The second kappa shape index (κ2) is 7.65. The molecule has 1 atom stereocenters. The lowest BCUT2D eigenvalue weighted by molar-refractivity contribution is -0.143. The summed E-state index contributed by atoms with van der Waals surface area (Å²) in [5, 5.41) is 0. The van der Waals surface area contributed by atoms with Gasteiger partial charge in [-0.1, -0.05) is 52.9 Å². The van der Waals surface area contributed by atoms with E-state index in [1.165, 1.54) is 5.56 Å². The summed E-state index contributed by atoms with van der Waals surface area (Å²) in [4.78, 5) is 11.2. The number of ether oxygens (including phenoxy) is 1. The van der Waals surface area contributed by atoms with E-state index in [0.717, 1.165) is 12.8 Å². The van der Waals surface area contributed by atoms with Gasteiger partial charge in [0.05, 0.1) is 6.61 Å². The van der Waals surface area contributed by atoms with Crippen LogP contribution in [0.1, 0.15) is 25.3 Å². The van der Waals surface area contributed by atoms with Gasteiger partial charge in [0, 0.05) is 10.3 Å². The predicted octanol–water partition coefficient (Wildman–Crippen LogP) is 3.38. The van der Waals surface area contributed by atoms with Crippen LogP contribution >= 0.6 is 22.6 Å². The van der Waals surface area contributed by atoms with Crippen molar-refractivity contribution in [1.29, 1.82) is 0 Å². The monoisotopic (exact) mass is 332 g/mol. The average Bonchev–Trinajstić information content (AvgIpc) is 2.28. The molecular weight excluding hydrogens is 315 g/mol. The molecule has 0 aliphatic heterocycles. The molecule has 16 heavy (non-hydrogen) atoms. The third kappa shape index (κ3) is 5.49. The molecule has 0 saturated carbocycles. The lowest BCUT2D eigenvalue weighted by atomic mass is 10.1. The van der Waals surface area contributed by atoms with Crippen molar-refractivity contribution in [1.82, 2.24) is 0 Å². The third-order valence-electron chi connectivity index (χ3n) is 2.27. The number of benzene rings is 1. The fourth-order valence-electron chi connectivity index (χ4n) is 1.48. The molecule has 1 rings (SSSR count). The van der Waals surface area contributed by atoms with Gasteiger partial charge in [-0.2, -0.15) is 0 Å². The normalized spacial score (nSPS) is 12.1. The lowest BCUT2D eigenvalue weighted by Crippen LogP contribution is -2.09. The van der Waals surface area contributed by atoms with E-state index in [4.69, 9.17) is 4.74 Å². The minimum Gasteiger partial charge on any atom is -0.466 e. The fourth-order valence-corrected chi connectivity index (χ4v) is 2.30. The minimum absolute atomic E-state index is 0.0859. The maximum Gasteiger partial charge on any atom is 0.305 e. The molecule has 1 unspecified atom stereocenters. The van der Waals surface area contributed by atoms with Crippen molar-refractivity contribution in [3.05, 3.63) is 35.9 Å². The van der Waals surface area contributed by atoms with Crippen molar-refractivity contribution in [3.63, 3.8) is 0 Å². The summed E-state index contributed by atoms with van der Waals surface area (Å²) in [6.45, 7) is 2.31. The van der Waals surface area contributed by atoms with Crippen LogP contribution in [-0.4, -0.2) is 16.5 Å². The van der Waals surface area contributed by atoms with E-state index in [9.17, 15) is 4.79 Å². The van der Waals surface area contributed by atoms with E-state index in [1.54, 1.807) is 0 Å². The molecule has 0 saturated heterocycles. The molecule has 3 heteroatoms. The van der Waals surface area contributed by atoms with Crippen LogP contribution in [0.5, 0.6) is 0 Å². The number of hydrogen-bond donors (Lipinski definition) is 0. The molecule has 0 spiro atoms. The molecular formula is C13H17IO2. The molecule has 2 nitrogen and oxygen atoms in total. The first-order chi connectivity index (χ1) is 7.72. The number of esters is 1. The highest BCUT2D eigenvalue weighted by molar-refractivity contribution is 14.1. The number of alkyl halides is 1. The molecule has 0 aliphatic carbocycles. The summed E-state index contributed by atoms with van der Waals surface area (Å²) in [6, 6.07) is 10.4. The van der Waals surface area contributed by atoms with Gasteiger partial charge in [0.2, 0.25) is 0 Å². The van der Waals surface area contributed by atoms with Crippen molar-refractivity contribution in [2.45, 2.75) is 30.1 Å². The van der Waals surface area contributed by atoms with Crippen LogP contribution < -0.4 is 0 Å². The summed E-state index contributed by atoms with van der Waals surface area (Å²) >= 11 is 2.40. The average molecular weight is 332 g/mol. The summed E-state index contributed by atoms with van der Waals surface area (Å²) in [6.07, 6.45) is 2.42. The maximum atomic E-state index is 11.2. The highest BCUT2D eigenvalue weighted by Crippen LogP contribution is 2.15. The zero-order valence-corrected chi connectivity index (χ0v) is 11.6. The van der Waals surface area contributed by atoms with Crippen LogP contribution in [0.4, 0.5) is 0 Å². The topological polar surface area (TPSA) is 26.3 Å². The summed E-state index contributed by atoms with van der Waals surface area (Å²) < 4.78 is 5.39. The Hall–Kier alpha value is -0.580. The third-order valence-corrected chi connectivity index (χ3v) is 3.33. The van der Waals surface area contributed by atoms with Crippen LogP contribution in [0.15, 0.2) is 30.3 Å². The van der Waals surface area contributed by atoms with Crippen LogP contribution in [-0.2, 0) is 16.0 Å². The highest BCUT2D eigenvalue weighted by atomic mass is 127. The van der Waals surface area contributed by atoms with Crippen molar-refractivity contribution in [2.24, 2.45) is 0 Å². The predicted molar refractivity (Wildman–Crippen MR) is 73.8 cm³/mol. The molecule has 1 aromatic carbocycles. The Morgan fingerprint density at radius 3 is 2.69 bits per heavy atom. The highest BCUT2D eigenvalue weighted by Gasteiger charge is 2.09. The van der Waals surface area contributed by atoms with Crippen LogP contribution in [0, 0.1) is 0 Å². The van der Waals surface area contributed by atoms with Gasteiger partial charge in [-0.05, 0) is 25.3 Å². The molecule has 0 bridgehead atoms. The van der Waals surface area contributed by atoms with Gasteiger partial charge in [0.1, 0.15) is 0 Å². The Balaban J connectivity index is 2.26. The van der Waals surface area contributed by atoms with Gasteiger partial charge < -0.3 is 4.74 Å². The Labute approximate surface area is 111 Å². The van der Waals surface area contributed by atoms with E-state index in [0.29, 0.717) is 17.0 Å². The van der Waals surface area contributed by atoms with Gasteiger partial charge >= 0.3 is 5.97 Å². The largest absolute Gasteiger partial charge is 0.466 e. The van der Waals surface area contributed by atoms with Gasteiger partial charge in [-0.3, -0.25) is 4.79 Å². The summed E-state index contributed by atoms with van der Waals surface area (Å²) in [5.74, 6) is -0.0859. The van der Waals surface area contributed by atoms with Crippen LogP contribution in [0.2, 0.25) is 0 Å². The first kappa shape index (κ1) is 13.5. The van der Waals surface area contributed by atoms with E-state index in [1.807, 2.05) is 25.1 Å². The second-order valence-electron chi connectivity index (χ2n) is 3.63. The zero-order valence-electron chi connectivity index (χ0n) is 9.49. The van der Waals surface area contributed by atoms with Crippen LogP contribution in [0.3, 0.4) is 0 Å².